The van der Waals surface area contributed by atoms with Crippen LogP contribution in [-0.2, 0) is 13.1 Å². The summed E-state index contributed by atoms with van der Waals surface area (Å²) >= 11 is 3.44. The molecule has 0 radical (unpaired) electrons. The van der Waals surface area contributed by atoms with Gasteiger partial charge in [0.15, 0.2) is 0 Å². The summed E-state index contributed by atoms with van der Waals surface area (Å²) in [5, 5.41) is 0. The van der Waals surface area contributed by atoms with E-state index in [0.29, 0.717) is 6.54 Å². The Bertz CT molecular complexity index is 511. The second kappa shape index (κ2) is 5.98. The highest BCUT2D eigenvalue weighted by atomic mass is 79.9. The van der Waals surface area contributed by atoms with Crippen LogP contribution in [0.5, 0.6) is 0 Å². The molecule has 2 N–H and O–H groups in total. The van der Waals surface area contributed by atoms with E-state index in [1.807, 2.05) is 12.3 Å². The zero-order valence-corrected chi connectivity index (χ0v) is 11.9. The quantitative estimate of drug-likeness (QED) is 0.944. The van der Waals surface area contributed by atoms with Crippen molar-refractivity contribution in [3.63, 3.8) is 0 Å². The molecule has 1 aromatic heterocycles. The van der Waals surface area contributed by atoms with Crippen molar-refractivity contribution in [2.45, 2.75) is 13.1 Å². The average Bonchev–Trinajstić information content (AvgIpc) is 2.41. The Balaban J connectivity index is 2.16. The summed E-state index contributed by atoms with van der Waals surface area (Å²) in [6.45, 7) is 1.37. The molecule has 0 saturated heterocycles. The number of aromatic nitrogens is 1. The second-order valence-electron chi connectivity index (χ2n) is 4.19. The molecule has 1 aromatic carbocycles. The molecule has 0 amide bonds. The lowest BCUT2D eigenvalue weighted by Crippen LogP contribution is -2.19. The van der Waals surface area contributed by atoms with Crippen LogP contribution in [0.2, 0.25) is 0 Å². The third kappa shape index (κ3) is 3.09. The number of benzene rings is 1. The smallest absolute Gasteiger partial charge is 0.0598 e. The van der Waals surface area contributed by atoms with Gasteiger partial charge in [-0.25, -0.2) is 0 Å². The predicted molar refractivity (Wildman–Crippen MR) is 78.4 cm³/mol. The van der Waals surface area contributed by atoms with Gasteiger partial charge in [0.1, 0.15) is 0 Å². The molecule has 0 bridgehead atoms. The van der Waals surface area contributed by atoms with Crippen LogP contribution in [-0.4, -0.2) is 12.0 Å². The Labute approximate surface area is 116 Å². The Morgan fingerprint density at radius 3 is 2.61 bits per heavy atom. The van der Waals surface area contributed by atoms with Gasteiger partial charge in [-0.3, -0.25) is 4.98 Å². The van der Waals surface area contributed by atoms with Gasteiger partial charge >= 0.3 is 0 Å². The van der Waals surface area contributed by atoms with E-state index < -0.39 is 0 Å². The zero-order valence-electron chi connectivity index (χ0n) is 10.3. The van der Waals surface area contributed by atoms with Gasteiger partial charge < -0.3 is 10.6 Å². The first-order valence-electron chi connectivity index (χ1n) is 5.79. The van der Waals surface area contributed by atoms with Crippen molar-refractivity contribution in [3.8, 4) is 0 Å². The number of anilines is 1. The van der Waals surface area contributed by atoms with E-state index in [0.717, 1.165) is 22.3 Å². The highest BCUT2D eigenvalue weighted by Crippen LogP contribution is 2.20. The van der Waals surface area contributed by atoms with E-state index in [9.17, 15) is 0 Å². The van der Waals surface area contributed by atoms with Crippen LogP contribution in [0.1, 0.15) is 11.1 Å². The molecule has 2 aromatic rings. The van der Waals surface area contributed by atoms with Gasteiger partial charge in [0.25, 0.3) is 0 Å². The third-order valence-electron chi connectivity index (χ3n) is 2.85. The summed E-state index contributed by atoms with van der Waals surface area (Å²) in [6.07, 6.45) is 3.64. The topological polar surface area (TPSA) is 42.2 Å². The van der Waals surface area contributed by atoms with Crippen LogP contribution in [0.25, 0.3) is 0 Å². The summed E-state index contributed by atoms with van der Waals surface area (Å²) in [5.74, 6) is 0. The molecule has 0 saturated carbocycles. The van der Waals surface area contributed by atoms with Gasteiger partial charge in [-0.15, -0.1) is 0 Å². The van der Waals surface area contributed by atoms with Gasteiger partial charge in [-0.1, -0.05) is 28.1 Å². The number of nitrogens with two attached hydrogens (primary N) is 1. The van der Waals surface area contributed by atoms with Crippen LogP contribution in [0, 0.1) is 0 Å². The third-order valence-corrected chi connectivity index (χ3v) is 3.38. The van der Waals surface area contributed by atoms with E-state index in [1.54, 1.807) is 6.20 Å². The second-order valence-corrected chi connectivity index (χ2v) is 5.11. The fourth-order valence-electron chi connectivity index (χ4n) is 1.88. The summed E-state index contributed by atoms with van der Waals surface area (Å²) in [4.78, 5) is 6.33. The van der Waals surface area contributed by atoms with Crippen molar-refractivity contribution in [3.05, 3.63) is 58.3 Å². The Morgan fingerprint density at radius 2 is 1.94 bits per heavy atom. The highest BCUT2D eigenvalue weighted by Gasteiger charge is 2.06. The Morgan fingerprint density at radius 1 is 1.22 bits per heavy atom. The van der Waals surface area contributed by atoms with E-state index in [2.05, 4.69) is 57.1 Å². The standard InChI is InChI=1S/C14H16BrN3/c1-18(10-11-2-4-13(15)5-3-11)14-9-17-7-6-12(14)8-16/h2-7,9H,8,10,16H2,1H3. The number of pyridine rings is 1. The SMILES string of the molecule is CN(Cc1ccc(Br)cc1)c1cnccc1CN. The maximum Gasteiger partial charge on any atom is 0.0598 e. The minimum absolute atomic E-state index is 0.530. The normalized spacial score (nSPS) is 10.4. The predicted octanol–water partition coefficient (Wildman–Crippen LogP) is 2.94. The molecule has 0 aliphatic carbocycles. The summed E-state index contributed by atoms with van der Waals surface area (Å²) in [5.41, 5.74) is 9.20. The Hall–Kier alpha value is -1.39. The van der Waals surface area contributed by atoms with Gasteiger partial charge in [-0.05, 0) is 29.3 Å². The lowest BCUT2D eigenvalue weighted by atomic mass is 10.1. The molecule has 94 valence electrons. The number of rotatable bonds is 4. The molecule has 0 fully saturated rings. The first-order chi connectivity index (χ1) is 8.70. The van der Waals surface area contributed by atoms with E-state index in [1.165, 1.54) is 5.56 Å². The number of halogens is 1. The first kappa shape index (κ1) is 13.1. The largest absolute Gasteiger partial charge is 0.369 e. The van der Waals surface area contributed by atoms with Gasteiger partial charge in [0.2, 0.25) is 0 Å². The fraction of sp³-hybridized carbons (Fsp3) is 0.214. The minimum Gasteiger partial charge on any atom is -0.369 e. The van der Waals surface area contributed by atoms with Crippen LogP contribution >= 0.6 is 15.9 Å². The lowest BCUT2D eigenvalue weighted by Gasteiger charge is -2.21. The molecule has 3 nitrogen and oxygen atoms in total. The van der Waals surface area contributed by atoms with Crippen LogP contribution < -0.4 is 10.6 Å². The van der Waals surface area contributed by atoms with E-state index >= 15 is 0 Å². The van der Waals surface area contributed by atoms with Gasteiger partial charge in [0.05, 0.1) is 11.9 Å². The molecular formula is C14H16BrN3. The van der Waals surface area contributed by atoms with Crippen molar-refractivity contribution in [2.75, 3.05) is 11.9 Å². The van der Waals surface area contributed by atoms with E-state index in [4.69, 9.17) is 5.73 Å². The zero-order chi connectivity index (χ0) is 13.0. The summed E-state index contributed by atoms with van der Waals surface area (Å²) in [7, 11) is 2.05. The Kier molecular flexibility index (Phi) is 4.33. The van der Waals surface area contributed by atoms with Crippen LogP contribution in [0.4, 0.5) is 5.69 Å². The van der Waals surface area contributed by atoms with Crippen molar-refractivity contribution in [2.24, 2.45) is 5.73 Å². The van der Waals surface area contributed by atoms with Crippen molar-refractivity contribution in [1.29, 1.82) is 0 Å². The fourth-order valence-corrected chi connectivity index (χ4v) is 2.14. The van der Waals surface area contributed by atoms with E-state index in [-0.39, 0.29) is 0 Å². The molecule has 0 aliphatic heterocycles. The lowest BCUT2D eigenvalue weighted by molar-refractivity contribution is 0.897. The highest BCUT2D eigenvalue weighted by molar-refractivity contribution is 9.10. The molecule has 4 heteroatoms. The average molecular weight is 306 g/mol. The maximum atomic E-state index is 5.74. The number of nitrogens with zero attached hydrogens (tertiary/aromatic N) is 2. The van der Waals surface area contributed by atoms with Crippen molar-refractivity contribution >= 4 is 21.6 Å². The molecular weight excluding hydrogens is 290 g/mol. The van der Waals surface area contributed by atoms with Crippen LogP contribution in [0.3, 0.4) is 0 Å². The summed E-state index contributed by atoms with van der Waals surface area (Å²) in [6, 6.07) is 10.3. The van der Waals surface area contributed by atoms with Gasteiger partial charge in [0, 0.05) is 30.8 Å². The molecule has 2 rings (SSSR count). The van der Waals surface area contributed by atoms with Gasteiger partial charge in [-0.2, -0.15) is 0 Å². The molecule has 0 unspecified atom stereocenters. The minimum atomic E-state index is 0.530. The molecule has 0 aliphatic rings. The molecule has 0 spiro atoms. The first-order valence-corrected chi connectivity index (χ1v) is 6.58. The molecule has 1 heterocycles. The number of hydrogen-bond donors (Lipinski definition) is 1. The van der Waals surface area contributed by atoms with Crippen LogP contribution in [0.15, 0.2) is 47.2 Å². The number of hydrogen-bond acceptors (Lipinski definition) is 3. The van der Waals surface area contributed by atoms with Crippen molar-refractivity contribution < 1.29 is 0 Å². The monoisotopic (exact) mass is 305 g/mol. The summed E-state index contributed by atoms with van der Waals surface area (Å²) < 4.78 is 1.10. The molecule has 0 atom stereocenters. The maximum absolute atomic E-state index is 5.74. The van der Waals surface area contributed by atoms with Crippen molar-refractivity contribution in [1.82, 2.24) is 4.98 Å². The molecule has 18 heavy (non-hydrogen) atoms.